The summed E-state index contributed by atoms with van der Waals surface area (Å²) in [6.45, 7) is 3.46. The van der Waals surface area contributed by atoms with E-state index in [4.69, 9.17) is 0 Å². The molecule has 0 aliphatic carbocycles. The number of nitrogens with zero attached hydrogens (tertiary/aromatic N) is 1. The first-order chi connectivity index (χ1) is 8.81. The Labute approximate surface area is 107 Å². The second-order valence-electron chi connectivity index (χ2n) is 4.21. The van der Waals surface area contributed by atoms with Crippen molar-refractivity contribution in [3.05, 3.63) is 48.7 Å². The van der Waals surface area contributed by atoms with Crippen molar-refractivity contribution < 1.29 is 4.79 Å². The summed E-state index contributed by atoms with van der Waals surface area (Å²) in [7, 11) is 0. The number of fused-ring (bicyclic) bond motifs is 1. The molecule has 1 heterocycles. The highest BCUT2D eigenvalue weighted by Crippen LogP contribution is 2.14. The normalized spacial score (nSPS) is 11.2. The minimum atomic E-state index is -0.0186. The van der Waals surface area contributed by atoms with Crippen LogP contribution in [-0.4, -0.2) is 17.0 Å². The van der Waals surface area contributed by atoms with Crippen molar-refractivity contribution in [1.82, 2.24) is 9.88 Å². The average molecular weight is 242 g/mol. The number of aromatic nitrogens is 1. The van der Waals surface area contributed by atoms with Crippen LogP contribution in [0.25, 0.3) is 10.9 Å². The molecule has 1 amide bonds. The lowest BCUT2D eigenvalue weighted by Crippen LogP contribution is -2.22. The van der Waals surface area contributed by atoms with Crippen molar-refractivity contribution in [2.24, 2.45) is 0 Å². The molecule has 2 rings (SSSR count). The SMILES string of the molecule is C/C=C\C(=O)NCCCn1ccc2ccccc21. The van der Waals surface area contributed by atoms with Crippen LogP contribution in [0.1, 0.15) is 13.3 Å². The molecule has 0 fully saturated rings. The summed E-state index contributed by atoms with van der Waals surface area (Å²) in [5.74, 6) is -0.0186. The molecule has 0 saturated carbocycles. The van der Waals surface area contributed by atoms with Crippen LogP contribution in [0.15, 0.2) is 48.7 Å². The highest BCUT2D eigenvalue weighted by molar-refractivity contribution is 5.87. The molecule has 0 radical (unpaired) electrons. The number of hydrogen-bond donors (Lipinski definition) is 1. The van der Waals surface area contributed by atoms with Crippen LogP contribution in [0, 0.1) is 0 Å². The lowest BCUT2D eigenvalue weighted by molar-refractivity contribution is -0.116. The number of carbonyl (C=O) groups excluding carboxylic acids is 1. The Morgan fingerprint density at radius 2 is 2.17 bits per heavy atom. The summed E-state index contributed by atoms with van der Waals surface area (Å²) >= 11 is 0. The molecule has 0 unspecified atom stereocenters. The Morgan fingerprint density at radius 3 is 3.00 bits per heavy atom. The van der Waals surface area contributed by atoms with Crippen LogP contribution >= 0.6 is 0 Å². The Kier molecular flexibility index (Phi) is 4.18. The van der Waals surface area contributed by atoms with Crippen LogP contribution in [0.2, 0.25) is 0 Å². The molecular weight excluding hydrogens is 224 g/mol. The fourth-order valence-electron chi connectivity index (χ4n) is 2.01. The summed E-state index contributed by atoms with van der Waals surface area (Å²) < 4.78 is 2.22. The largest absolute Gasteiger partial charge is 0.352 e. The molecule has 94 valence electrons. The molecule has 0 bridgehead atoms. The molecule has 0 aliphatic rings. The van der Waals surface area contributed by atoms with Gasteiger partial charge in [-0.15, -0.1) is 0 Å². The van der Waals surface area contributed by atoms with Gasteiger partial charge in [-0.1, -0.05) is 24.3 Å². The third-order valence-corrected chi connectivity index (χ3v) is 2.87. The van der Waals surface area contributed by atoms with Crippen LogP contribution in [0.3, 0.4) is 0 Å². The summed E-state index contributed by atoms with van der Waals surface area (Å²) in [6, 6.07) is 10.4. The van der Waals surface area contributed by atoms with Gasteiger partial charge in [0.1, 0.15) is 0 Å². The average Bonchev–Trinajstić information content (AvgIpc) is 2.78. The molecule has 0 atom stereocenters. The molecule has 3 nitrogen and oxygen atoms in total. The van der Waals surface area contributed by atoms with E-state index in [0.29, 0.717) is 6.54 Å². The number of allylic oxidation sites excluding steroid dienone is 1. The second kappa shape index (κ2) is 6.05. The van der Waals surface area contributed by atoms with E-state index in [1.807, 2.05) is 19.1 Å². The Hall–Kier alpha value is -2.03. The first-order valence-corrected chi connectivity index (χ1v) is 6.25. The number of benzene rings is 1. The number of amides is 1. The van der Waals surface area contributed by atoms with E-state index in [-0.39, 0.29) is 5.91 Å². The van der Waals surface area contributed by atoms with Gasteiger partial charge >= 0.3 is 0 Å². The topological polar surface area (TPSA) is 34.0 Å². The molecule has 3 heteroatoms. The molecule has 18 heavy (non-hydrogen) atoms. The van der Waals surface area contributed by atoms with E-state index < -0.39 is 0 Å². The predicted molar refractivity (Wildman–Crippen MR) is 74.4 cm³/mol. The van der Waals surface area contributed by atoms with Gasteiger partial charge in [-0.05, 0) is 36.9 Å². The molecule has 0 spiro atoms. The van der Waals surface area contributed by atoms with Crippen LogP contribution in [0.5, 0.6) is 0 Å². The number of aryl methyl sites for hydroxylation is 1. The van der Waals surface area contributed by atoms with Crippen LogP contribution in [0.4, 0.5) is 0 Å². The summed E-state index contributed by atoms with van der Waals surface area (Å²) in [6.07, 6.45) is 6.32. The quantitative estimate of drug-likeness (QED) is 0.635. The fourth-order valence-corrected chi connectivity index (χ4v) is 2.01. The van der Waals surface area contributed by atoms with E-state index in [2.05, 4.69) is 34.3 Å². The van der Waals surface area contributed by atoms with Gasteiger partial charge in [-0.25, -0.2) is 0 Å². The predicted octanol–water partition coefficient (Wildman–Crippen LogP) is 2.72. The lowest BCUT2D eigenvalue weighted by atomic mass is 10.2. The first kappa shape index (κ1) is 12.4. The van der Waals surface area contributed by atoms with Gasteiger partial charge in [0.25, 0.3) is 0 Å². The van der Waals surface area contributed by atoms with Crippen molar-refractivity contribution in [2.45, 2.75) is 19.9 Å². The fraction of sp³-hybridized carbons (Fsp3) is 0.267. The van der Waals surface area contributed by atoms with Gasteiger partial charge in [0, 0.05) is 24.8 Å². The highest BCUT2D eigenvalue weighted by Gasteiger charge is 1.99. The lowest BCUT2D eigenvalue weighted by Gasteiger charge is -2.06. The van der Waals surface area contributed by atoms with Crippen molar-refractivity contribution in [3.8, 4) is 0 Å². The minimum absolute atomic E-state index is 0.0186. The molecule has 0 saturated heterocycles. The maximum absolute atomic E-state index is 11.2. The Morgan fingerprint density at radius 1 is 1.33 bits per heavy atom. The smallest absolute Gasteiger partial charge is 0.243 e. The standard InChI is InChI=1S/C15H18N2O/c1-2-6-15(18)16-10-5-11-17-12-9-13-7-3-4-8-14(13)17/h2-4,6-9,12H,5,10-11H2,1H3,(H,16,18)/b6-2-. The van der Waals surface area contributed by atoms with Crippen LogP contribution in [-0.2, 0) is 11.3 Å². The molecule has 0 aliphatic heterocycles. The van der Waals surface area contributed by atoms with Crippen molar-refractivity contribution in [2.75, 3.05) is 6.54 Å². The molecule has 1 N–H and O–H groups in total. The van der Waals surface area contributed by atoms with Gasteiger partial charge in [-0.3, -0.25) is 4.79 Å². The Bertz CT molecular complexity index is 554. The van der Waals surface area contributed by atoms with Gasteiger partial charge in [0.2, 0.25) is 5.91 Å². The highest BCUT2D eigenvalue weighted by atomic mass is 16.1. The van der Waals surface area contributed by atoms with Gasteiger partial charge in [-0.2, -0.15) is 0 Å². The van der Waals surface area contributed by atoms with Crippen molar-refractivity contribution >= 4 is 16.8 Å². The summed E-state index contributed by atoms with van der Waals surface area (Å²) in [5, 5.41) is 4.11. The van der Waals surface area contributed by atoms with Gasteiger partial charge in [0.15, 0.2) is 0 Å². The zero-order chi connectivity index (χ0) is 12.8. The summed E-state index contributed by atoms with van der Waals surface area (Å²) in [5.41, 5.74) is 1.25. The van der Waals surface area contributed by atoms with E-state index in [1.165, 1.54) is 10.9 Å². The van der Waals surface area contributed by atoms with Gasteiger partial charge in [0.05, 0.1) is 0 Å². The second-order valence-corrected chi connectivity index (χ2v) is 4.21. The number of rotatable bonds is 5. The van der Waals surface area contributed by atoms with Gasteiger partial charge < -0.3 is 9.88 Å². The zero-order valence-electron chi connectivity index (χ0n) is 10.6. The number of para-hydroxylation sites is 1. The van der Waals surface area contributed by atoms with E-state index in [9.17, 15) is 4.79 Å². The number of nitrogens with one attached hydrogen (secondary N) is 1. The number of hydrogen-bond acceptors (Lipinski definition) is 1. The molecule has 1 aromatic heterocycles. The third kappa shape index (κ3) is 3.00. The maximum Gasteiger partial charge on any atom is 0.243 e. The minimum Gasteiger partial charge on any atom is -0.352 e. The molecule has 2 aromatic rings. The number of carbonyl (C=O) groups is 1. The van der Waals surface area contributed by atoms with Crippen molar-refractivity contribution in [1.29, 1.82) is 0 Å². The monoisotopic (exact) mass is 242 g/mol. The summed E-state index contributed by atoms with van der Waals surface area (Å²) in [4.78, 5) is 11.2. The first-order valence-electron chi connectivity index (χ1n) is 6.25. The Balaban J connectivity index is 1.85. The molecular formula is C15H18N2O. The maximum atomic E-state index is 11.2. The van der Waals surface area contributed by atoms with E-state index in [1.54, 1.807) is 12.2 Å². The van der Waals surface area contributed by atoms with Crippen molar-refractivity contribution in [3.63, 3.8) is 0 Å². The van der Waals surface area contributed by atoms with Crippen LogP contribution < -0.4 is 5.32 Å². The van der Waals surface area contributed by atoms with E-state index >= 15 is 0 Å². The van der Waals surface area contributed by atoms with E-state index in [0.717, 1.165) is 13.0 Å². The molecule has 1 aromatic carbocycles. The third-order valence-electron chi connectivity index (χ3n) is 2.87. The zero-order valence-corrected chi connectivity index (χ0v) is 10.6.